The Morgan fingerprint density at radius 3 is 2.76 bits per heavy atom. The van der Waals surface area contributed by atoms with Crippen LogP contribution in [-0.2, 0) is 0 Å². The summed E-state index contributed by atoms with van der Waals surface area (Å²) in [7, 11) is 0. The minimum atomic E-state index is -0.0678. The van der Waals surface area contributed by atoms with Gasteiger partial charge in [-0.25, -0.2) is 0 Å². The van der Waals surface area contributed by atoms with Crippen LogP contribution in [0.3, 0.4) is 0 Å². The van der Waals surface area contributed by atoms with Crippen molar-refractivity contribution in [3.63, 3.8) is 0 Å². The molecule has 0 unspecified atom stereocenters. The van der Waals surface area contributed by atoms with E-state index >= 15 is 0 Å². The van der Waals surface area contributed by atoms with Crippen LogP contribution in [0, 0.1) is 0 Å². The van der Waals surface area contributed by atoms with Gasteiger partial charge >= 0.3 is 0 Å². The first-order valence-electron chi connectivity index (χ1n) is 6.43. The summed E-state index contributed by atoms with van der Waals surface area (Å²) in [6.45, 7) is 3.90. The van der Waals surface area contributed by atoms with Crippen LogP contribution in [0.2, 0.25) is 0 Å². The van der Waals surface area contributed by atoms with Crippen molar-refractivity contribution in [2.24, 2.45) is 0 Å². The highest BCUT2D eigenvalue weighted by Gasteiger charge is 2.25. The predicted octanol–water partition coefficient (Wildman–Crippen LogP) is 2.86. The molecule has 1 saturated carbocycles. The molecule has 1 heterocycles. The number of aromatic nitrogens is 1. The number of rotatable bonds is 3. The van der Waals surface area contributed by atoms with Gasteiger partial charge in [0.15, 0.2) is 0 Å². The first-order valence-corrected chi connectivity index (χ1v) is 6.43. The molecule has 94 valence electrons. The van der Waals surface area contributed by atoms with Gasteiger partial charge in [0, 0.05) is 12.0 Å². The highest BCUT2D eigenvalue weighted by atomic mass is 16.5. The van der Waals surface area contributed by atoms with Gasteiger partial charge in [0.2, 0.25) is 0 Å². The number of nitrogens with zero attached hydrogens (tertiary/aromatic N) is 1. The SMILES string of the molecule is CC(C)NC(=O)c1conc1C1CCCCC1. The van der Waals surface area contributed by atoms with E-state index in [2.05, 4.69) is 10.5 Å². The maximum atomic E-state index is 12.0. The Morgan fingerprint density at radius 2 is 2.12 bits per heavy atom. The summed E-state index contributed by atoms with van der Waals surface area (Å²) < 4.78 is 4.99. The van der Waals surface area contributed by atoms with E-state index in [1.54, 1.807) is 0 Å². The number of nitrogens with one attached hydrogen (secondary N) is 1. The molecule has 0 aliphatic heterocycles. The molecule has 1 aromatic heterocycles. The molecule has 4 nitrogen and oxygen atoms in total. The van der Waals surface area contributed by atoms with Gasteiger partial charge in [0.1, 0.15) is 11.8 Å². The predicted molar refractivity (Wildman–Crippen MR) is 64.9 cm³/mol. The standard InChI is InChI=1S/C13H20N2O2/c1-9(2)14-13(16)11-8-17-15-12(11)10-6-4-3-5-7-10/h8-10H,3-7H2,1-2H3,(H,14,16). The Balaban J connectivity index is 2.12. The molecular formula is C13H20N2O2. The first-order chi connectivity index (χ1) is 8.18. The molecule has 1 N–H and O–H groups in total. The number of amides is 1. The van der Waals surface area contributed by atoms with Crippen molar-refractivity contribution in [3.8, 4) is 0 Å². The second-order valence-corrected chi connectivity index (χ2v) is 5.08. The number of carbonyl (C=O) groups is 1. The van der Waals surface area contributed by atoms with Crippen molar-refractivity contribution in [2.75, 3.05) is 0 Å². The Hall–Kier alpha value is -1.32. The van der Waals surface area contributed by atoms with Gasteiger partial charge in [-0.2, -0.15) is 0 Å². The maximum absolute atomic E-state index is 12.0. The van der Waals surface area contributed by atoms with Gasteiger partial charge in [-0.1, -0.05) is 24.4 Å². The largest absolute Gasteiger partial charge is 0.364 e. The zero-order valence-electron chi connectivity index (χ0n) is 10.5. The summed E-state index contributed by atoms with van der Waals surface area (Å²) in [5, 5.41) is 6.92. The zero-order chi connectivity index (χ0) is 12.3. The molecule has 1 aliphatic rings. The topological polar surface area (TPSA) is 55.1 Å². The van der Waals surface area contributed by atoms with Crippen molar-refractivity contribution in [1.29, 1.82) is 0 Å². The van der Waals surface area contributed by atoms with E-state index in [1.165, 1.54) is 25.5 Å². The van der Waals surface area contributed by atoms with Crippen LogP contribution < -0.4 is 5.32 Å². The third-order valence-corrected chi connectivity index (χ3v) is 3.25. The third-order valence-electron chi connectivity index (χ3n) is 3.25. The maximum Gasteiger partial charge on any atom is 0.256 e. The number of hydrogen-bond acceptors (Lipinski definition) is 3. The van der Waals surface area contributed by atoms with E-state index < -0.39 is 0 Å². The minimum absolute atomic E-state index is 0.0678. The zero-order valence-corrected chi connectivity index (χ0v) is 10.5. The van der Waals surface area contributed by atoms with E-state index in [0.29, 0.717) is 11.5 Å². The van der Waals surface area contributed by atoms with E-state index in [9.17, 15) is 4.79 Å². The molecule has 1 amide bonds. The lowest BCUT2D eigenvalue weighted by Gasteiger charge is -2.20. The summed E-state index contributed by atoms with van der Waals surface area (Å²) in [6, 6.07) is 0.136. The molecule has 1 fully saturated rings. The van der Waals surface area contributed by atoms with Gasteiger partial charge in [-0.3, -0.25) is 4.79 Å². The summed E-state index contributed by atoms with van der Waals surface area (Å²) in [5.74, 6) is 0.331. The number of hydrogen-bond donors (Lipinski definition) is 1. The number of carbonyl (C=O) groups excluding carboxylic acids is 1. The molecule has 1 aromatic rings. The van der Waals surface area contributed by atoms with E-state index in [-0.39, 0.29) is 11.9 Å². The minimum Gasteiger partial charge on any atom is -0.364 e. The molecule has 0 bridgehead atoms. The average Bonchev–Trinajstić information content (AvgIpc) is 2.78. The van der Waals surface area contributed by atoms with E-state index in [1.807, 2.05) is 13.8 Å². The molecule has 0 saturated heterocycles. The fraction of sp³-hybridized carbons (Fsp3) is 0.692. The Morgan fingerprint density at radius 1 is 1.41 bits per heavy atom. The van der Waals surface area contributed by atoms with Crippen molar-refractivity contribution in [1.82, 2.24) is 10.5 Å². The molecule has 0 radical (unpaired) electrons. The van der Waals surface area contributed by atoms with Crippen LogP contribution >= 0.6 is 0 Å². The molecule has 0 atom stereocenters. The molecule has 1 aliphatic carbocycles. The van der Waals surface area contributed by atoms with Crippen molar-refractivity contribution in [2.45, 2.75) is 57.9 Å². The lowest BCUT2D eigenvalue weighted by molar-refractivity contribution is 0.0941. The lowest BCUT2D eigenvalue weighted by Crippen LogP contribution is -2.30. The highest BCUT2D eigenvalue weighted by Crippen LogP contribution is 2.33. The Labute approximate surface area is 102 Å². The molecular weight excluding hydrogens is 216 g/mol. The van der Waals surface area contributed by atoms with Crippen LogP contribution in [0.15, 0.2) is 10.8 Å². The van der Waals surface area contributed by atoms with Crippen molar-refractivity contribution in [3.05, 3.63) is 17.5 Å². The summed E-state index contributed by atoms with van der Waals surface area (Å²) in [6.07, 6.45) is 7.46. The third kappa shape index (κ3) is 2.87. The molecule has 2 rings (SSSR count). The molecule has 0 aromatic carbocycles. The van der Waals surface area contributed by atoms with Crippen molar-refractivity contribution < 1.29 is 9.32 Å². The Bertz CT molecular complexity index is 379. The van der Waals surface area contributed by atoms with Crippen LogP contribution in [0.1, 0.15) is 67.9 Å². The van der Waals surface area contributed by atoms with Crippen LogP contribution in [0.25, 0.3) is 0 Å². The van der Waals surface area contributed by atoms with Crippen molar-refractivity contribution >= 4 is 5.91 Å². The average molecular weight is 236 g/mol. The second kappa shape index (κ2) is 5.34. The fourth-order valence-corrected chi connectivity index (χ4v) is 2.43. The summed E-state index contributed by atoms with van der Waals surface area (Å²) >= 11 is 0. The fourth-order valence-electron chi connectivity index (χ4n) is 2.43. The lowest BCUT2D eigenvalue weighted by atomic mass is 9.85. The highest BCUT2D eigenvalue weighted by molar-refractivity contribution is 5.95. The smallest absolute Gasteiger partial charge is 0.256 e. The second-order valence-electron chi connectivity index (χ2n) is 5.08. The van der Waals surface area contributed by atoms with Gasteiger partial charge in [0.25, 0.3) is 5.91 Å². The molecule has 17 heavy (non-hydrogen) atoms. The van der Waals surface area contributed by atoms with E-state index in [0.717, 1.165) is 18.5 Å². The molecule has 4 heteroatoms. The van der Waals surface area contributed by atoms with Crippen LogP contribution in [0.5, 0.6) is 0 Å². The van der Waals surface area contributed by atoms with E-state index in [4.69, 9.17) is 4.52 Å². The van der Waals surface area contributed by atoms with Gasteiger partial charge in [-0.05, 0) is 26.7 Å². The monoisotopic (exact) mass is 236 g/mol. The normalized spacial score (nSPS) is 17.4. The Kier molecular flexibility index (Phi) is 3.82. The summed E-state index contributed by atoms with van der Waals surface area (Å²) in [5.41, 5.74) is 1.47. The van der Waals surface area contributed by atoms with Gasteiger partial charge in [0.05, 0.1) is 5.69 Å². The van der Waals surface area contributed by atoms with Crippen LogP contribution in [-0.4, -0.2) is 17.1 Å². The first kappa shape index (κ1) is 12.1. The van der Waals surface area contributed by atoms with Gasteiger partial charge in [-0.15, -0.1) is 0 Å². The van der Waals surface area contributed by atoms with Gasteiger partial charge < -0.3 is 9.84 Å². The molecule has 0 spiro atoms. The quantitative estimate of drug-likeness (QED) is 0.878. The summed E-state index contributed by atoms with van der Waals surface area (Å²) in [4.78, 5) is 12.0. The van der Waals surface area contributed by atoms with Crippen LogP contribution in [0.4, 0.5) is 0 Å².